The van der Waals surface area contributed by atoms with Crippen LogP contribution in [0.15, 0.2) is 53.7 Å². The number of carbonyl (C=O) groups excluding carboxylic acids is 3. The Morgan fingerprint density at radius 3 is 2.31 bits per heavy atom. The van der Waals surface area contributed by atoms with Crippen molar-refractivity contribution in [1.82, 2.24) is 0 Å². The zero-order valence-corrected chi connectivity index (χ0v) is 20.0. The molecule has 2 heterocycles. The fraction of sp³-hybridized carbons (Fsp3) is 0.280. The molecule has 0 bridgehead atoms. The molecule has 0 aromatic heterocycles. The van der Waals surface area contributed by atoms with E-state index in [0.717, 1.165) is 18.5 Å². The van der Waals surface area contributed by atoms with Crippen molar-refractivity contribution in [2.24, 2.45) is 5.73 Å². The number of nitrogens with zero attached hydrogens (tertiary/aromatic N) is 2. The molecular weight excluding hydrogens is 470 g/mol. The predicted molar refractivity (Wildman–Crippen MR) is 135 cm³/mol. The molecule has 0 aliphatic carbocycles. The number of rotatable bonds is 7. The van der Waals surface area contributed by atoms with Gasteiger partial charge in [0.1, 0.15) is 17.2 Å². The van der Waals surface area contributed by atoms with Crippen molar-refractivity contribution < 1.29 is 19.1 Å². The number of halogens is 1. The molecule has 10 heteroatoms. The summed E-state index contributed by atoms with van der Waals surface area (Å²) in [5.74, 6) is -0.754. The number of hydrogen-bond acceptors (Lipinski definition) is 6. The van der Waals surface area contributed by atoms with Crippen LogP contribution in [0.5, 0.6) is 5.75 Å². The van der Waals surface area contributed by atoms with Crippen LogP contribution in [-0.4, -0.2) is 43.6 Å². The lowest BCUT2D eigenvalue weighted by Gasteiger charge is -2.32. The molecule has 0 saturated carbocycles. The summed E-state index contributed by atoms with van der Waals surface area (Å²) in [6.07, 6.45) is 2.66. The highest BCUT2D eigenvalue weighted by Gasteiger charge is 2.32. The van der Waals surface area contributed by atoms with Gasteiger partial charge in [0.25, 0.3) is 11.8 Å². The molecule has 3 amide bonds. The minimum Gasteiger partial charge on any atom is -0.495 e. The number of nitrogens with one attached hydrogen (secondary N) is 2. The Bertz CT molecular complexity index is 1220. The Labute approximate surface area is 208 Å². The first-order valence-electron chi connectivity index (χ1n) is 11.2. The van der Waals surface area contributed by atoms with Gasteiger partial charge in [-0.05, 0) is 61.7 Å². The molecule has 182 valence electrons. The number of methoxy groups -OCH3 is 1. The van der Waals surface area contributed by atoms with Gasteiger partial charge in [-0.3, -0.25) is 19.8 Å². The summed E-state index contributed by atoms with van der Waals surface area (Å²) in [5.41, 5.74) is 7.18. The van der Waals surface area contributed by atoms with Crippen LogP contribution in [0.3, 0.4) is 0 Å². The zero-order valence-electron chi connectivity index (χ0n) is 19.3. The van der Waals surface area contributed by atoms with Crippen molar-refractivity contribution in [3.63, 3.8) is 0 Å². The van der Waals surface area contributed by atoms with Crippen molar-refractivity contribution >= 4 is 52.1 Å². The number of ether oxygens (including phenoxy) is 1. The van der Waals surface area contributed by atoms with Crippen molar-refractivity contribution in [3.05, 3.63) is 58.8 Å². The number of anilines is 3. The minimum absolute atomic E-state index is 0.0802. The lowest BCUT2D eigenvalue weighted by molar-refractivity contribution is -0.119. The summed E-state index contributed by atoms with van der Waals surface area (Å²) in [7, 11) is 1.50. The number of nitrogens with two attached hydrogens (primary N) is 1. The minimum atomic E-state index is -0.913. The van der Waals surface area contributed by atoms with Crippen molar-refractivity contribution in [1.29, 1.82) is 5.41 Å². The molecule has 0 spiro atoms. The van der Waals surface area contributed by atoms with E-state index in [1.54, 1.807) is 40.1 Å². The van der Waals surface area contributed by atoms with Gasteiger partial charge in [0.15, 0.2) is 0 Å². The summed E-state index contributed by atoms with van der Waals surface area (Å²) in [5, 5.41) is 11.5. The quantitative estimate of drug-likeness (QED) is 0.506. The molecule has 1 saturated heterocycles. The smallest absolute Gasteiger partial charge is 0.275 e. The standard InChI is InChI=1S/C25H26ClN5O4/c1-35-20-10-5-15(14-19(20)26)29-23-18(22(27)24(28)33)11-13-31(25(23)34)17-8-6-16(7-9-17)30-12-3-2-4-21(30)32/h5-10,14,27,29H,2-4,11-13H2,1H3,(H2,28,33). The summed E-state index contributed by atoms with van der Waals surface area (Å²) >= 11 is 6.23. The van der Waals surface area contributed by atoms with Gasteiger partial charge in [0, 0.05) is 42.1 Å². The van der Waals surface area contributed by atoms with E-state index in [0.29, 0.717) is 35.1 Å². The first-order chi connectivity index (χ1) is 16.8. The van der Waals surface area contributed by atoms with Gasteiger partial charge in [-0.25, -0.2) is 0 Å². The third kappa shape index (κ3) is 5.00. The van der Waals surface area contributed by atoms with Gasteiger partial charge in [-0.1, -0.05) is 11.6 Å². The molecule has 0 radical (unpaired) electrons. The van der Waals surface area contributed by atoms with Crippen LogP contribution in [0.4, 0.5) is 17.1 Å². The lowest BCUT2D eigenvalue weighted by Crippen LogP contribution is -2.42. The molecule has 0 atom stereocenters. The second-order valence-electron chi connectivity index (χ2n) is 8.29. The van der Waals surface area contributed by atoms with Crippen LogP contribution in [0.2, 0.25) is 5.02 Å². The molecule has 2 aliphatic rings. The lowest BCUT2D eigenvalue weighted by atomic mass is 9.98. The van der Waals surface area contributed by atoms with Crippen molar-refractivity contribution in [3.8, 4) is 5.75 Å². The normalized spacial score (nSPS) is 16.4. The van der Waals surface area contributed by atoms with Crippen molar-refractivity contribution in [2.75, 3.05) is 35.3 Å². The number of piperidine rings is 1. The summed E-state index contributed by atoms with van der Waals surface area (Å²) in [6.45, 7) is 0.945. The van der Waals surface area contributed by atoms with E-state index in [1.165, 1.54) is 7.11 Å². The topological polar surface area (TPSA) is 129 Å². The number of hydrogen-bond donors (Lipinski definition) is 3. The molecular formula is C25H26ClN5O4. The van der Waals surface area contributed by atoms with E-state index < -0.39 is 17.5 Å². The Morgan fingerprint density at radius 2 is 1.71 bits per heavy atom. The Kier molecular flexibility index (Phi) is 7.07. The fourth-order valence-electron chi connectivity index (χ4n) is 4.27. The molecule has 1 fully saturated rings. The highest BCUT2D eigenvalue weighted by molar-refractivity contribution is 6.45. The van der Waals surface area contributed by atoms with Crippen LogP contribution in [0.1, 0.15) is 25.7 Å². The first kappa shape index (κ1) is 24.3. The predicted octanol–water partition coefficient (Wildman–Crippen LogP) is 3.47. The maximum Gasteiger partial charge on any atom is 0.275 e. The van der Waals surface area contributed by atoms with Crippen molar-refractivity contribution in [2.45, 2.75) is 25.7 Å². The van der Waals surface area contributed by atoms with Crippen LogP contribution < -0.4 is 25.6 Å². The average molecular weight is 496 g/mol. The first-order valence-corrected chi connectivity index (χ1v) is 11.6. The highest BCUT2D eigenvalue weighted by atomic mass is 35.5. The Morgan fingerprint density at radius 1 is 1.03 bits per heavy atom. The zero-order chi connectivity index (χ0) is 25.1. The Balaban J connectivity index is 1.63. The summed E-state index contributed by atoms with van der Waals surface area (Å²) in [4.78, 5) is 40.9. The largest absolute Gasteiger partial charge is 0.495 e. The van der Waals surface area contributed by atoms with E-state index in [2.05, 4.69) is 5.32 Å². The number of benzene rings is 2. The van der Waals surface area contributed by atoms with Gasteiger partial charge >= 0.3 is 0 Å². The molecule has 2 aromatic carbocycles. The van der Waals surface area contributed by atoms with Gasteiger partial charge in [-0.15, -0.1) is 0 Å². The van der Waals surface area contributed by atoms with Gasteiger partial charge < -0.3 is 25.6 Å². The average Bonchev–Trinajstić information content (AvgIpc) is 2.85. The summed E-state index contributed by atoms with van der Waals surface area (Å²) in [6, 6.07) is 12.2. The van der Waals surface area contributed by atoms with Crippen LogP contribution in [0, 0.1) is 5.41 Å². The van der Waals surface area contributed by atoms with Gasteiger partial charge in [0.2, 0.25) is 5.91 Å². The SMILES string of the molecule is COc1ccc(NC2=C(C(=N)C(N)=O)CCN(c3ccc(N4CCCCC4=O)cc3)C2=O)cc1Cl. The number of amides is 3. The van der Waals surface area contributed by atoms with Gasteiger partial charge in [-0.2, -0.15) is 0 Å². The molecule has 0 unspecified atom stereocenters. The van der Waals surface area contributed by atoms with Gasteiger partial charge in [0.05, 0.1) is 12.1 Å². The van der Waals surface area contributed by atoms with E-state index >= 15 is 0 Å². The third-order valence-electron chi connectivity index (χ3n) is 6.11. The molecule has 35 heavy (non-hydrogen) atoms. The molecule has 2 aliphatic heterocycles. The molecule has 9 nitrogen and oxygen atoms in total. The Hall–Kier alpha value is -3.85. The van der Waals surface area contributed by atoms with E-state index in [9.17, 15) is 14.4 Å². The van der Waals surface area contributed by atoms with E-state index in [1.807, 2.05) is 12.1 Å². The summed E-state index contributed by atoms with van der Waals surface area (Å²) < 4.78 is 5.17. The van der Waals surface area contributed by atoms with Crippen LogP contribution in [-0.2, 0) is 14.4 Å². The maximum atomic E-state index is 13.5. The van der Waals surface area contributed by atoms with Crippen LogP contribution in [0.25, 0.3) is 0 Å². The molecule has 2 aromatic rings. The van der Waals surface area contributed by atoms with E-state index in [4.69, 9.17) is 27.5 Å². The third-order valence-corrected chi connectivity index (χ3v) is 6.41. The second kappa shape index (κ2) is 10.2. The monoisotopic (exact) mass is 495 g/mol. The van der Waals surface area contributed by atoms with E-state index in [-0.39, 0.29) is 30.1 Å². The maximum absolute atomic E-state index is 13.5. The fourth-order valence-corrected chi connectivity index (χ4v) is 4.53. The molecule has 4 rings (SSSR count). The highest BCUT2D eigenvalue weighted by Crippen LogP contribution is 2.32. The molecule has 4 N–H and O–H groups in total. The second-order valence-corrected chi connectivity index (χ2v) is 8.70. The number of carbonyl (C=O) groups is 3. The van der Waals surface area contributed by atoms with Crippen LogP contribution >= 0.6 is 11.6 Å². The number of primary amides is 1.